The zero-order valence-corrected chi connectivity index (χ0v) is 12.6. The maximum atomic E-state index is 4.61. The molecule has 1 aliphatic heterocycles. The summed E-state index contributed by atoms with van der Waals surface area (Å²) < 4.78 is 0. The molecule has 1 aromatic rings. The minimum absolute atomic E-state index is 0.390. The molecule has 1 aliphatic rings. The normalized spacial score (nSPS) is 24.0. The van der Waals surface area contributed by atoms with Gasteiger partial charge in [0.1, 0.15) is 0 Å². The van der Waals surface area contributed by atoms with Crippen LogP contribution in [-0.2, 0) is 0 Å². The summed E-state index contributed by atoms with van der Waals surface area (Å²) in [7, 11) is 4.20. The van der Waals surface area contributed by atoms with E-state index in [2.05, 4.69) is 41.0 Å². The van der Waals surface area contributed by atoms with Crippen molar-refractivity contribution in [3.8, 4) is 0 Å². The molecule has 102 valence electrons. The fourth-order valence-electron chi connectivity index (χ4n) is 2.41. The first-order chi connectivity index (χ1) is 8.61. The molecule has 5 heteroatoms. The van der Waals surface area contributed by atoms with Crippen LogP contribution in [0.25, 0.3) is 0 Å². The summed E-state index contributed by atoms with van der Waals surface area (Å²) in [6.45, 7) is 7.90. The van der Waals surface area contributed by atoms with E-state index in [4.69, 9.17) is 0 Å². The van der Waals surface area contributed by atoms with Gasteiger partial charge >= 0.3 is 0 Å². The number of nitrogens with zero attached hydrogens (tertiary/aromatic N) is 3. The van der Waals surface area contributed by atoms with Gasteiger partial charge in [-0.1, -0.05) is 0 Å². The smallest absolute Gasteiger partial charge is 0.185 e. The molecule has 0 saturated carbocycles. The third-order valence-corrected chi connectivity index (χ3v) is 4.88. The summed E-state index contributed by atoms with van der Waals surface area (Å²) in [5, 5.41) is 4.45. The Hall–Kier alpha value is -0.650. The molecule has 2 rings (SSSR count). The zero-order valence-electron chi connectivity index (χ0n) is 11.8. The van der Waals surface area contributed by atoms with Gasteiger partial charge in [0.2, 0.25) is 0 Å². The third-order valence-electron chi connectivity index (χ3n) is 3.66. The molecule has 0 radical (unpaired) electrons. The number of anilines is 1. The second-order valence-corrected chi connectivity index (χ2v) is 6.25. The topological polar surface area (TPSA) is 31.4 Å². The fourth-order valence-corrected chi connectivity index (χ4v) is 3.51. The Morgan fingerprint density at radius 2 is 2.28 bits per heavy atom. The van der Waals surface area contributed by atoms with E-state index < -0.39 is 0 Å². The number of nitrogens with one attached hydrogen (secondary N) is 1. The maximum absolute atomic E-state index is 4.61. The van der Waals surface area contributed by atoms with Gasteiger partial charge in [-0.2, -0.15) is 0 Å². The fraction of sp³-hybridized carbons (Fsp3) is 0.769. The van der Waals surface area contributed by atoms with Crippen LogP contribution in [0.4, 0.5) is 5.13 Å². The van der Waals surface area contributed by atoms with E-state index in [0.29, 0.717) is 12.1 Å². The average Bonchev–Trinajstić information content (AvgIpc) is 2.76. The minimum Gasteiger partial charge on any atom is -0.344 e. The largest absolute Gasteiger partial charge is 0.344 e. The van der Waals surface area contributed by atoms with Crippen molar-refractivity contribution in [2.75, 3.05) is 38.6 Å². The highest BCUT2D eigenvalue weighted by atomic mass is 32.1. The molecule has 0 aromatic carbocycles. The van der Waals surface area contributed by atoms with Crippen molar-refractivity contribution in [3.05, 3.63) is 11.1 Å². The second kappa shape index (κ2) is 5.99. The van der Waals surface area contributed by atoms with Gasteiger partial charge in [-0.05, 0) is 40.9 Å². The standard InChI is InChI=1S/C13H24N4S/c1-10-9-16(4)6-5-7-17(10)13-15-8-12(18-13)11(2)14-3/h8,10-11,14H,5-7,9H2,1-4H3. The van der Waals surface area contributed by atoms with Crippen LogP contribution in [0.5, 0.6) is 0 Å². The highest BCUT2D eigenvalue weighted by Gasteiger charge is 2.22. The molecule has 1 fully saturated rings. The number of likely N-dealkylation sites (N-methyl/N-ethyl adjacent to an activating group) is 1. The van der Waals surface area contributed by atoms with Gasteiger partial charge in [0.05, 0.1) is 0 Å². The molecule has 18 heavy (non-hydrogen) atoms. The van der Waals surface area contributed by atoms with Crippen LogP contribution in [0.1, 0.15) is 31.2 Å². The predicted molar refractivity (Wildman–Crippen MR) is 78.5 cm³/mol. The lowest BCUT2D eigenvalue weighted by atomic mass is 10.3. The first kappa shape index (κ1) is 13.8. The Morgan fingerprint density at radius 1 is 1.50 bits per heavy atom. The van der Waals surface area contributed by atoms with Crippen LogP contribution >= 0.6 is 11.3 Å². The van der Waals surface area contributed by atoms with Crippen molar-refractivity contribution in [1.29, 1.82) is 0 Å². The Morgan fingerprint density at radius 3 is 3.00 bits per heavy atom. The minimum atomic E-state index is 0.390. The molecule has 1 N–H and O–H groups in total. The molecule has 0 amide bonds. The summed E-state index contributed by atoms with van der Waals surface area (Å²) in [4.78, 5) is 10.8. The number of hydrogen-bond donors (Lipinski definition) is 1. The van der Waals surface area contributed by atoms with Gasteiger partial charge in [0, 0.05) is 36.2 Å². The molecule has 2 atom stereocenters. The predicted octanol–water partition coefficient (Wildman–Crippen LogP) is 1.95. The third kappa shape index (κ3) is 3.02. The Kier molecular flexibility index (Phi) is 4.59. The van der Waals surface area contributed by atoms with Crippen LogP contribution in [-0.4, -0.2) is 49.7 Å². The second-order valence-electron chi connectivity index (χ2n) is 5.21. The van der Waals surface area contributed by atoms with Crippen molar-refractivity contribution < 1.29 is 0 Å². The number of thiazole rings is 1. The van der Waals surface area contributed by atoms with Gasteiger partial charge in [0.25, 0.3) is 0 Å². The van der Waals surface area contributed by atoms with Gasteiger partial charge in [0.15, 0.2) is 5.13 Å². The summed E-state index contributed by atoms with van der Waals surface area (Å²) in [6.07, 6.45) is 3.24. The zero-order chi connectivity index (χ0) is 13.1. The first-order valence-corrected chi connectivity index (χ1v) is 7.51. The van der Waals surface area contributed by atoms with Gasteiger partial charge in [-0.25, -0.2) is 4.98 Å². The van der Waals surface area contributed by atoms with Gasteiger partial charge < -0.3 is 15.1 Å². The lowest BCUT2D eigenvalue weighted by molar-refractivity contribution is 0.337. The number of aromatic nitrogens is 1. The molecule has 2 unspecified atom stereocenters. The summed E-state index contributed by atoms with van der Waals surface area (Å²) in [6, 6.07) is 0.933. The quantitative estimate of drug-likeness (QED) is 0.908. The van der Waals surface area contributed by atoms with E-state index in [1.54, 1.807) is 0 Å². The molecule has 1 aromatic heterocycles. The van der Waals surface area contributed by atoms with Crippen LogP contribution < -0.4 is 10.2 Å². The number of rotatable bonds is 3. The number of hydrogen-bond acceptors (Lipinski definition) is 5. The van der Waals surface area contributed by atoms with E-state index >= 15 is 0 Å². The van der Waals surface area contributed by atoms with Crippen molar-refractivity contribution in [2.45, 2.75) is 32.4 Å². The SMILES string of the molecule is CNC(C)c1cnc(N2CCCN(C)CC2C)s1. The van der Waals surface area contributed by atoms with Gasteiger partial charge in [-0.3, -0.25) is 0 Å². The maximum Gasteiger partial charge on any atom is 0.185 e. The van der Waals surface area contributed by atoms with Crippen LogP contribution in [0, 0.1) is 0 Å². The van der Waals surface area contributed by atoms with Crippen LogP contribution in [0.3, 0.4) is 0 Å². The Balaban J connectivity index is 2.12. The monoisotopic (exact) mass is 268 g/mol. The summed E-state index contributed by atoms with van der Waals surface area (Å²) >= 11 is 1.82. The van der Waals surface area contributed by atoms with E-state index in [9.17, 15) is 0 Å². The van der Waals surface area contributed by atoms with Crippen LogP contribution in [0.2, 0.25) is 0 Å². The summed E-state index contributed by atoms with van der Waals surface area (Å²) in [5.41, 5.74) is 0. The van der Waals surface area contributed by atoms with E-state index in [1.807, 2.05) is 24.6 Å². The van der Waals surface area contributed by atoms with Crippen molar-refractivity contribution in [3.63, 3.8) is 0 Å². The van der Waals surface area contributed by atoms with Crippen molar-refractivity contribution in [2.24, 2.45) is 0 Å². The van der Waals surface area contributed by atoms with Crippen molar-refractivity contribution in [1.82, 2.24) is 15.2 Å². The Bertz CT molecular complexity index is 379. The lowest BCUT2D eigenvalue weighted by Crippen LogP contribution is -2.37. The van der Waals surface area contributed by atoms with E-state index in [0.717, 1.165) is 13.1 Å². The summed E-state index contributed by atoms with van der Waals surface area (Å²) in [5.74, 6) is 0. The molecule has 0 bridgehead atoms. The van der Waals surface area contributed by atoms with Crippen LogP contribution in [0.15, 0.2) is 6.20 Å². The molecular weight excluding hydrogens is 244 g/mol. The molecule has 1 saturated heterocycles. The highest BCUT2D eigenvalue weighted by molar-refractivity contribution is 7.15. The molecule has 2 heterocycles. The molecule has 0 aliphatic carbocycles. The average molecular weight is 268 g/mol. The lowest BCUT2D eigenvalue weighted by Gasteiger charge is -2.27. The van der Waals surface area contributed by atoms with E-state index in [-0.39, 0.29) is 0 Å². The molecule has 0 spiro atoms. The molecule has 4 nitrogen and oxygen atoms in total. The van der Waals surface area contributed by atoms with Gasteiger partial charge in [-0.15, -0.1) is 11.3 Å². The molecular formula is C13H24N4S. The first-order valence-electron chi connectivity index (χ1n) is 6.70. The Labute approximate surface area is 114 Å². The van der Waals surface area contributed by atoms with E-state index in [1.165, 1.54) is 23.0 Å². The van der Waals surface area contributed by atoms with Crippen molar-refractivity contribution >= 4 is 16.5 Å². The highest BCUT2D eigenvalue weighted by Crippen LogP contribution is 2.29.